The first-order chi connectivity index (χ1) is 8.68. The number of allylic oxidation sites excluding steroid dienone is 1. The van der Waals surface area contributed by atoms with E-state index in [9.17, 15) is 0 Å². The van der Waals surface area contributed by atoms with Crippen LogP contribution in [0.3, 0.4) is 0 Å². The maximum Gasteiger partial charge on any atom is 0.0870 e. The summed E-state index contributed by atoms with van der Waals surface area (Å²) >= 11 is 0. The van der Waals surface area contributed by atoms with Gasteiger partial charge in [0.2, 0.25) is 0 Å². The predicted octanol–water partition coefficient (Wildman–Crippen LogP) is 3.80. The van der Waals surface area contributed by atoms with Crippen LogP contribution in [0.4, 0.5) is 0 Å². The quantitative estimate of drug-likeness (QED) is 0.771. The molecule has 0 bridgehead atoms. The summed E-state index contributed by atoms with van der Waals surface area (Å²) in [6.07, 6.45) is 12.2. The molecule has 0 aliphatic heterocycles. The van der Waals surface area contributed by atoms with E-state index in [1.807, 2.05) is 0 Å². The molecule has 2 aliphatic carbocycles. The van der Waals surface area contributed by atoms with Gasteiger partial charge in [0.05, 0.1) is 11.6 Å². The number of rotatable bonds is 4. The smallest absolute Gasteiger partial charge is 0.0870 e. The second-order valence-electron chi connectivity index (χ2n) is 6.18. The summed E-state index contributed by atoms with van der Waals surface area (Å²) in [5.41, 5.74) is 7.99. The van der Waals surface area contributed by atoms with Gasteiger partial charge in [-0.15, -0.1) is 0 Å². The lowest BCUT2D eigenvalue weighted by atomic mass is 9.72. The summed E-state index contributed by atoms with van der Waals surface area (Å²) in [4.78, 5) is 0. The molecule has 2 rings (SSSR count). The topological polar surface area (TPSA) is 35.2 Å². The average molecular weight is 251 g/mol. The van der Waals surface area contributed by atoms with Crippen LogP contribution in [-0.4, -0.2) is 18.2 Å². The van der Waals surface area contributed by atoms with E-state index in [1.54, 1.807) is 0 Å². The van der Waals surface area contributed by atoms with E-state index < -0.39 is 0 Å². The molecule has 0 aromatic rings. The van der Waals surface area contributed by atoms with E-state index in [4.69, 9.17) is 10.5 Å². The Hall–Kier alpha value is -0.340. The van der Waals surface area contributed by atoms with E-state index in [0.717, 1.165) is 25.4 Å². The predicted molar refractivity (Wildman–Crippen MR) is 76.5 cm³/mol. The molecule has 0 spiro atoms. The molecule has 0 radical (unpaired) electrons. The van der Waals surface area contributed by atoms with Crippen molar-refractivity contribution in [3.8, 4) is 0 Å². The van der Waals surface area contributed by atoms with Crippen LogP contribution in [0, 0.1) is 5.92 Å². The lowest BCUT2D eigenvalue weighted by Crippen LogP contribution is -2.53. The zero-order valence-corrected chi connectivity index (χ0v) is 12.1. The van der Waals surface area contributed by atoms with E-state index in [0.29, 0.717) is 0 Å². The van der Waals surface area contributed by atoms with Crippen molar-refractivity contribution in [2.75, 3.05) is 6.61 Å². The summed E-state index contributed by atoms with van der Waals surface area (Å²) in [7, 11) is 0. The monoisotopic (exact) mass is 251 g/mol. The van der Waals surface area contributed by atoms with Crippen molar-refractivity contribution in [2.45, 2.75) is 76.9 Å². The molecule has 2 N–H and O–H groups in total. The molecule has 2 heteroatoms. The molecule has 0 aromatic heterocycles. The molecule has 18 heavy (non-hydrogen) atoms. The SMILES string of the molecule is CCOC1(C(N)C2=CCCCC2)CCC(C)CC1. The van der Waals surface area contributed by atoms with Gasteiger partial charge in [0.25, 0.3) is 0 Å². The Morgan fingerprint density at radius 3 is 2.67 bits per heavy atom. The van der Waals surface area contributed by atoms with Gasteiger partial charge in [-0.25, -0.2) is 0 Å². The summed E-state index contributed by atoms with van der Waals surface area (Å²) in [5, 5.41) is 0. The molecule has 1 atom stereocenters. The summed E-state index contributed by atoms with van der Waals surface area (Å²) < 4.78 is 6.17. The van der Waals surface area contributed by atoms with Crippen LogP contribution in [0.25, 0.3) is 0 Å². The van der Waals surface area contributed by atoms with Gasteiger partial charge in [0.15, 0.2) is 0 Å². The molecule has 1 unspecified atom stereocenters. The highest BCUT2D eigenvalue weighted by atomic mass is 16.5. The van der Waals surface area contributed by atoms with Crippen LogP contribution >= 0.6 is 0 Å². The van der Waals surface area contributed by atoms with Crippen molar-refractivity contribution >= 4 is 0 Å². The molecular formula is C16H29NO. The Labute approximate surface area is 112 Å². The fourth-order valence-corrected chi connectivity index (χ4v) is 3.57. The normalized spacial score (nSPS) is 35.1. The fourth-order valence-electron chi connectivity index (χ4n) is 3.57. The number of hydrogen-bond donors (Lipinski definition) is 1. The molecule has 0 heterocycles. The number of hydrogen-bond acceptors (Lipinski definition) is 2. The Kier molecular flexibility index (Phi) is 4.85. The number of nitrogens with two attached hydrogens (primary N) is 1. The third-order valence-corrected chi connectivity index (χ3v) is 4.84. The Bertz CT molecular complexity index is 289. The summed E-state index contributed by atoms with van der Waals surface area (Å²) in [6.45, 7) is 5.23. The van der Waals surface area contributed by atoms with Crippen LogP contribution < -0.4 is 5.73 Å². The molecule has 1 fully saturated rings. The Balaban J connectivity index is 2.10. The fraction of sp³-hybridized carbons (Fsp3) is 0.875. The van der Waals surface area contributed by atoms with Crippen LogP contribution in [0.15, 0.2) is 11.6 Å². The van der Waals surface area contributed by atoms with Crippen molar-refractivity contribution in [2.24, 2.45) is 11.7 Å². The third-order valence-electron chi connectivity index (χ3n) is 4.84. The maximum absolute atomic E-state index is 6.60. The van der Waals surface area contributed by atoms with Gasteiger partial charge >= 0.3 is 0 Å². The molecule has 2 aliphatic rings. The standard InChI is InChI=1S/C16H29NO/c1-3-18-16(11-9-13(2)10-12-16)15(17)14-7-5-4-6-8-14/h7,13,15H,3-6,8-12,17H2,1-2H3. The van der Waals surface area contributed by atoms with Crippen LogP contribution in [0.1, 0.15) is 65.2 Å². The van der Waals surface area contributed by atoms with Gasteiger partial charge in [-0.05, 0) is 64.2 Å². The van der Waals surface area contributed by atoms with Crippen LogP contribution in [0.5, 0.6) is 0 Å². The number of ether oxygens (including phenoxy) is 1. The minimum atomic E-state index is -0.0650. The Morgan fingerprint density at radius 1 is 1.39 bits per heavy atom. The lowest BCUT2D eigenvalue weighted by Gasteiger charge is -2.44. The first kappa shape index (κ1) is 14.1. The van der Waals surface area contributed by atoms with Gasteiger partial charge in [-0.3, -0.25) is 0 Å². The molecular weight excluding hydrogens is 222 g/mol. The first-order valence-corrected chi connectivity index (χ1v) is 7.76. The van der Waals surface area contributed by atoms with Gasteiger partial charge in [0.1, 0.15) is 0 Å². The maximum atomic E-state index is 6.60. The van der Waals surface area contributed by atoms with E-state index in [1.165, 1.54) is 44.1 Å². The highest BCUT2D eigenvalue weighted by Gasteiger charge is 2.41. The van der Waals surface area contributed by atoms with Crippen molar-refractivity contribution in [1.29, 1.82) is 0 Å². The van der Waals surface area contributed by atoms with Crippen molar-refractivity contribution < 1.29 is 4.74 Å². The van der Waals surface area contributed by atoms with E-state index in [-0.39, 0.29) is 11.6 Å². The van der Waals surface area contributed by atoms with Gasteiger partial charge in [-0.1, -0.05) is 18.6 Å². The van der Waals surface area contributed by atoms with E-state index >= 15 is 0 Å². The largest absolute Gasteiger partial charge is 0.373 e. The van der Waals surface area contributed by atoms with Crippen LogP contribution in [0.2, 0.25) is 0 Å². The molecule has 104 valence electrons. The molecule has 1 saturated carbocycles. The molecule has 0 saturated heterocycles. The average Bonchev–Trinajstić information content (AvgIpc) is 2.42. The van der Waals surface area contributed by atoms with Crippen molar-refractivity contribution in [3.63, 3.8) is 0 Å². The third kappa shape index (κ3) is 2.97. The van der Waals surface area contributed by atoms with Crippen molar-refractivity contribution in [3.05, 3.63) is 11.6 Å². The minimum absolute atomic E-state index is 0.0650. The zero-order valence-electron chi connectivity index (χ0n) is 12.1. The first-order valence-electron chi connectivity index (χ1n) is 7.76. The zero-order chi connectivity index (χ0) is 13.0. The molecule has 0 amide bonds. The van der Waals surface area contributed by atoms with Crippen molar-refractivity contribution in [1.82, 2.24) is 0 Å². The van der Waals surface area contributed by atoms with Gasteiger partial charge < -0.3 is 10.5 Å². The summed E-state index contributed by atoms with van der Waals surface area (Å²) in [6, 6.07) is 0.130. The minimum Gasteiger partial charge on any atom is -0.373 e. The van der Waals surface area contributed by atoms with Crippen LogP contribution in [-0.2, 0) is 4.74 Å². The summed E-state index contributed by atoms with van der Waals surface area (Å²) in [5.74, 6) is 0.839. The van der Waals surface area contributed by atoms with Gasteiger partial charge in [-0.2, -0.15) is 0 Å². The second kappa shape index (κ2) is 6.21. The highest BCUT2D eigenvalue weighted by Crippen LogP contribution is 2.40. The van der Waals surface area contributed by atoms with Gasteiger partial charge in [0, 0.05) is 6.61 Å². The van der Waals surface area contributed by atoms with E-state index in [2.05, 4.69) is 19.9 Å². The molecule has 0 aromatic carbocycles. The lowest BCUT2D eigenvalue weighted by molar-refractivity contribution is -0.0821. The highest BCUT2D eigenvalue weighted by molar-refractivity contribution is 5.19. The second-order valence-corrected chi connectivity index (χ2v) is 6.18. The molecule has 2 nitrogen and oxygen atoms in total. The Morgan fingerprint density at radius 2 is 2.11 bits per heavy atom.